The molecule has 1 N–H and O–H groups in total. The van der Waals surface area contributed by atoms with Gasteiger partial charge in [0.25, 0.3) is 0 Å². The highest BCUT2D eigenvalue weighted by atomic mass is 16.8. The molecule has 11 atom stereocenters. The molecule has 3 heterocycles. The molecule has 0 aromatic heterocycles. The molecular weight excluding hydrogens is 800 g/mol. The Morgan fingerprint density at radius 3 is 1.70 bits per heavy atom. The van der Waals surface area contributed by atoms with Crippen LogP contribution in [-0.2, 0) is 71.4 Å². The van der Waals surface area contributed by atoms with Crippen LogP contribution >= 0.6 is 0 Å². The first-order chi connectivity index (χ1) is 28.3. The fourth-order valence-corrected chi connectivity index (χ4v) is 7.00. The van der Waals surface area contributed by atoms with Crippen LogP contribution in [0.25, 0.3) is 0 Å². The number of benzene rings is 2. The molecule has 3 aliphatic rings. The minimum atomic E-state index is -1.72. The zero-order valence-corrected chi connectivity index (χ0v) is 33.9. The summed E-state index contributed by atoms with van der Waals surface area (Å²) < 4.78 is 68.7. The van der Waals surface area contributed by atoms with Crippen molar-refractivity contribution in [2.45, 2.75) is 122 Å². The van der Waals surface area contributed by atoms with E-state index in [1.807, 2.05) is 0 Å². The van der Waals surface area contributed by atoms with Gasteiger partial charge in [0.15, 0.2) is 42.6 Å². The topological polar surface area (TPSA) is 250 Å². The van der Waals surface area contributed by atoms with Gasteiger partial charge in [-0.05, 0) is 24.6 Å². The Bertz CT molecular complexity index is 1940. The van der Waals surface area contributed by atoms with Crippen LogP contribution in [0.1, 0.15) is 76.9 Å². The summed E-state index contributed by atoms with van der Waals surface area (Å²) in [5, 5.41) is 11.0. The van der Waals surface area contributed by atoms with Crippen molar-refractivity contribution in [3.8, 4) is 23.0 Å². The van der Waals surface area contributed by atoms with Crippen LogP contribution in [-0.4, -0.2) is 122 Å². The number of carbonyl (C=O) groups excluding carboxylic acids is 7. The number of hydrogen-bond acceptors (Lipinski definition) is 20. The smallest absolute Gasteiger partial charge is 0.303 e. The molecule has 3 aliphatic heterocycles. The molecule has 0 radical (unpaired) electrons. The van der Waals surface area contributed by atoms with Gasteiger partial charge in [-0.3, -0.25) is 33.6 Å². The van der Waals surface area contributed by atoms with Crippen LogP contribution < -0.4 is 14.2 Å². The molecule has 2 fully saturated rings. The third-order valence-corrected chi connectivity index (χ3v) is 9.27. The second-order valence-electron chi connectivity index (χ2n) is 14.0. The van der Waals surface area contributed by atoms with E-state index < -0.39 is 121 Å². The zero-order valence-electron chi connectivity index (χ0n) is 33.9. The Balaban J connectivity index is 1.49. The lowest BCUT2D eigenvalue weighted by Gasteiger charge is -2.46. The van der Waals surface area contributed by atoms with E-state index in [-0.39, 0.29) is 23.5 Å². The Morgan fingerprint density at radius 2 is 1.15 bits per heavy atom. The van der Waals surface area contributed by atoms with Gasteiger partial charge in [-0.2, -0.15) is 0 Å². The molecule has 5 rings (SSSR count). The third kappa shape index (κ3) is 11.0. The van der Waals surface area contributed by atoms with Gasteiger partial charge in [0.1, 0.15) is 40.8 Å². The van der Waals surface area contributed by atoms with Crippen LogP contribution in [0.2, 0.25) is 0 Å². The molecule has 20 heteroatoms. The summed E-state index contributed by atoms with van der Waals surface area (Å²) >= 11 is 0. The number of phenols is 1. The quantitative estimate of drug-likeness (QED) is 0.225. The predicted molar refractivity (Wildman–Crippen MR) is 196 cm³/mol. The van der Waals surface area contributed by atoms with Gasteiger partial charge < -0.3 is 61.9 Å². The minimum Gasteiger partial charge on any atom is -0.507 e. The number of fused-ring (bicyclic) bond motifs is 1. The van der Waals surface area contributed by atoms with Crippen LogP contribution in [0.5, 0.6) is 23.0 Å². The summed E-state index contributed by atoms with van der Waals surface area (Å²) in [7, 11) is 1.51. The molecule has 2 aromatic rings. The summed E-state index contributed by atoms with van der Waals surface area (Å²) in [4.78, 5) is 87.3. The third-order valence-electron chi connectivity index (χ3n) is 9.27. The summed E-state index contributed by atoms with van der Waals surface area (Å²) in [5.41, 5.74) is 0.530. The molecule has 60 heavy (non-hydrogen) atoms. The van der Waals surface area contributed by atoms with Gasteiger partial charge in [0, 0.05) is 53.7 Å². The summed E-state index contributed by atoms with van der Waals surface area (Å²) in [6, 6.07) is 9.24. The van der Waals surface area contributed by atoms with Crippen molar-refractivity contribution < 1.29 is 95.5 Å². The van der Waals surface area contributed by atoms with E-state index in [1.165, 1.54) is 20.1 Å². The number of aromatic hydroxyl groups is 1. The van der Waals surface area contributed by atoms with Crippen LogP contribution in [0.4, 0.5) is 0 Å². The first-order valence-electron chi connectivity index (χ1n) is 18.7. The van der Waals surface area contributed by atoms with Crippen molar-refractivity contribution in [2.24, 2.45) is 0 Å². The summed E-state index contributed by atoms with van der Waals surface area (Å²) in [6.07, 6.45) is -15.6. The first-order valence-corrected chi connectivity index (χ1v) is 18.7. The number of carbonyl (C=O) groups is 7. The van der Waals surface area contributed by atoms with E-state index in [0.29, 0.717) is 11.3 Å². The highest BCUT2D eigenvalue weighted by Crippen LogP contribution is 2.43. The first kappa shape index (κ1) is 45.1. The van der Waals surface area contributed by atoms with Gasteiger partial charge in [-0.1, -0.05) is 12.1 Å². The molecule has 1 unspecified atom stereocenters. The van der Waals surface area contributed by atoms with Gasteiger partial charge in [0.05, 0.1) is 26.2 Å². The van der Waals surface area contributed by atoms with E-state index >= 15 is 0 Å². The lowest BCUT2D eigenvalue weighted by molar-refractivity contribution is -0.323. The molecule has 0 spiro atoms. The Morgan fingerprint density at radius 1 is 0.650 bits per heavy atom. The van der Waals surface area contributed by atoms with Gasteiger partial charge in [-0.15, -0.1) is 0 Å². The number of rotatable bonds is 13. The minimum absolute atomic E-state index is 0.0504. The number of ketones is 1. The second kappa shape index (κ2) is 19.4. The highest BCUT2D eigenvalue weighted by molar-refractivity contribution is 6.02. The van der Waals surface area contributed by atoms with Gasteiger partial charge >= 0.3 is 35.8 Å². The molecular formula is C40H46O20. The zero-order chi connectivity index (χ0) is 44.0. The molecule has 0 aliphatic carbocycles. The molecule has 20 nitrogen and oxygen atoms in total. The molecule has 0 saturated carbocycles. The van der Waals surface area contributed by atoms with Crippen LogP contribution in [0.15, 0.2) is 36.4 Å². The van der Waals surface area contributed by atoms with Crippen LogP contribution in [0.3, 0.4) is 0 Å². The number of methoxy groups -OCH3 is 1. The van der Waals surface area contributed by atoms with Crippen molar-refractivity contribution in [3.63, 3.8) is 0 Å². The van der Waals surface area contributed by atoms with Gasteiger partial charge in [-0.25, -0.2) is 0 Å². The maximum atomic E-state index is 13.3. The van der Waals surface area contributed by atoms with E-state index in [9.17, 15) is 38.7 Å². The highest BCUT2D eigenvalue weighted by Gasteiger charge is 2.55. The monoisotopic (exact) mass is 846 g/mol. The fraction of sp³-hybridized carbons (Fsp3) is 0.525. The standard InChI is InChI=1S/C40H46O20/c1-17-33(52-18(2)41)35(54-20(4)43)37(56-22(6)45)39(51-17)50-16-31-34(53-19(3)42)36(55-21(5)44)38(57-23(7)46)40(60-31)58-26-13-27(47)32-28(48)15-29(59-30(32)14-26)24-9-11-25(49-8)12-10-24/h9-14,17,29,31,33-40,47H,15-16H2,1-8H3/t17-,29?,31-,33+,34+,35-,36-,37-,38-,39-,40-/m1/s1. The van der Waals surface area contributed by atoms with E-state index in [2.05, 4.69) is 0 Å². The average molecular weight is 847 g/mol. The van der Waals surface area contributed by atoms with Crippen molar-refractivity contribution in [3.05, 3.63) is 47.5 Å². The van der Waals surface area contributed by atoms with Gasteiger partial charge in [0.2, 0.25) is 12.4 Å². The summed E-state index contributed by atoms with van der Waals surface area (Å²) in [6.45, 7) is 7.31. The molecule has 0 amide bonds. The number of Topliss-reactive ketones (excluding diaryl/α,β-unsaturated/α-hetero) is 1. The van der Waals surface area contributed by atoms with Crippen molar-refractivity contribution >= 4 is 41.6 Å². The summed E-state index contributed by atoms with van der Waals surface area (Å²) in [5.74, 6) is -5.63. The van der Waals surface area contributed by atoms with E-state index in [0.717, 1.165) is 47.6 Å². The van der Waals surface area contributed by atoms with E-state index in [1.54, 1.807) is 24.3 Å². The molecule has 326 valence electrons. The van der Waals surface area contributed by atoms with Crippen LogP contribution in [0, 0.1) is 0 Å². The Labute approximate surface area is 343 Å². The normalized spacial score (nSPS) is 28.4. The molecule has 0 bridgehead atoms. The average Bonchev–Trinajstić information content (AvgIpc) is 3.14. The Kier molecular flexibility index (Phi) is 14.6. The largest absolute Gasteiger partial charge is 0.507 e. The predicted octanol–water partition coefficient (Wildman–Crippen LogP) is 2.56. The van der Waals surface area contributed by atoms with Crippen molar-refractivity contribution in [1.82, 2.24) is 0 Å². The lowest BCUT2D eigenvalue weighted by Crippen LogP contribution is -2.64. The molecule has 2 saturated heterocycles. The van der Waals surface area contributed by atoms with Crippen molar-refractivity contribution in [2.75, 3.05) is 13.7 Å². The fourth-order valence-electron chi connectivity index (χ4n) is 7.00. The Hall–Kier alpha value is -5.99. The maximum absolute atomic E-state index is 13.3. The number of ether oxygens (including phenoxy) is 12. The van der Waals surface area contributed by atoms with E-state index in [4.69, 9.17) is 56.8 Å². The second-order valence-corrected chi connectivity index (χ2v) is 14.0. The SMILES string of the molecule is COc1ccc(C2CC(=O)c3c(O)cc(O[C@@H]4O[C@H](CO[C@@H]5O[C@H](C)[C@H](OC(C)=O)[C@@H](OC(C)=O)[C@H]5OC(C)=O)[C@H](OC(C)=O)[C@@H](OC(C)=O)[C@H]4OC(C)=O)cc3O2)cc1. The number of hydrogen-bond donors (Lipinski definition) is 1. The number of phenolic OH excluding ortho intramolecular Hbond substituents is 1. The maximum Gasteiger partial charge on any atom is 0.303 e. The molecule has 2 aromatic carbocycles. The number of esters is 6. The lowest BCUT2D eigenvalue weighted by atomic mass is 9.95. The van der Waals surface area contributed by atoms with Crippen molar-refractivity contribution in [1.29, 1.82) is 0 Å².